The number of anilines is 1. The standard InChI is InChI=1S/C16H16N4O2/c1-2-19(16-8-7-13(10-18-16)20(21)22)11-12-9-17-15-6-4-3-5-14(12)15/h3-10,17H,2,11H2,1H3. The zero-order chi connectivity index (χ0) is 15.5. The molecule has 0 aliphatic heterocycles. The minimum Gasteiger partial charge on any atom is -0.361 e. The molecule has 2 heterocycles. The molecule has 0 saturated carbocycles. The third kappa shape index (κ3) is 2.63. The van der Waals surface area contributed by atoms with E-state index in [9.17, 15) is 10.1 Å². The number of nitro groups is 1. The molecule has 2 aromatic heterocycles. The first-order valence-electron chi connectivity index (χ1n) is 7.09. The smallest absolute Gasteiger partial charge is 0.287 e. The molecule has 0 saturated heterocycles. The molecule has 0 aliphatic rings. The van der Waals surface area contributed by atoms with Crippen LogP contribution in [0.1, 0.15) is 12.5 Å². The number of para-hydroxylation sites is 1. The first kappa shape index (κ1) is 14.1. The molecule has 0 bridgehead atoms. The lowest BCUT2D eigenvalue weighted by molar-refractivity contribution is -0.385. The van der Waals surface area contributed by atoms with Crippen LogP contribution in [0.5, 0.6) is 0 Å². The summed E-state index contributed by atoms with van der Waals surface area (Å²) in [5.74, 6) is 0.735. The lowest BCUT2D eigenvalue weighted by Crippen LogP contribution is -2.22. The van der Waals surface area contributed by atoms with Gasteiger partial charge in [0.25, 0.3) is 5.69 Å². The number of rotatable bonds is 5. The van der Waals surface area contributed by atoms with Gasteiger partial charge >= 0.3 is 0 Å². The third-order valence-corrected chi connectivity index (χ3v) is 3.68. The van der Waals surface area contributed by atoms with Gasteiger partial charge in [-0.3, -0.25) is 10.1 Å². The molecule has 0 fully saturated rings. The minimum atomic E-state index is -0.438. The quantitative estimate of drug-likeness (QED) is 0.577. The summed E-state index contributed by atoms with van der Waals surface area (Å²) in [5, 5.41) is 11.9. The Labute approximate surface area is 127 Å². The van der Waals surface area contributed by atoms with Crippen molar-refractivity contribution < 1.29 is 4.92 Å². The molecule has 22 heavy (non-hydrogen) atoms. The van der Waals surface area contributed by atoms with E-state index in [1.807, 2.05) is 31.3 Å². The van der Waals surface area contributed by atoms with E-state index < -0.39 is 4.92 Å². The summed E-state index contributed by atoms with van der Waals surface area (Å²) < 4.78 is 0. The van der Waals surface area contributed by atoms with Crippen molar-refractivity contribution in [2.75, 3.05) is 11.4 Å². The normalized spacial score (nSPS) is 10.8. The third-order valence-electron chi connectivity index (χ3n) is 3.68. The van der Waals surface area contributed by atoms with E-state index in [0.717, 1.165) is 17.9 Å². The van der Waals surface area contributed by atoms with E-state index in [4.69, 9.17) is 0 Å². The largest absolute Gasteiger partial charge is 0.361 e. The number of benzene rings is 1. The van der Waals surface area contributed by atoms with Crippen LogP contribution in [0.25, 0.3) is 10.9 Å². The van der Waals surface area contributed by atoms with Crippen LogP contribution >= 0.6 is 0 Å². The summed E-state index contributed by atoms with van der Waals surface area (Å²) in [6.45, 7) is 3.51. The molecule has 3 aromatic rings. The van der Waals surface area contributed by atoms with Gasteiger partial charge in [-0.1, -0.05) is 18.2 Å². The van der Waals surface area contributed by atoms with Crippen molar-refractivity contribution in [3.63, 3.8) is 0 Å². The van der Waals surface area contributed by atoms with Gasteiger partial charge in [-0.15, -0.1) is 0 Å². The zero-order valence-corrected chi connectivity index (χ0v) is 12.2. The number of H-pyrrole nitrogens is 1. The molecule has 1 aromatic carbocycles. The van der Waals surface area contributed by atoms with Crippen LogP contribution in [0.4, 0.5) is 11.5 Å². The summed E-state index contributed by atoms with van der Waals surface area (Å²) in [7, 11) is 0. The lowest BCUT2D eigenvalue weighted by Gasteiger charge is -2.21. The number of hydrogen-bond donors (Lipinski definition) is 1. The van der Waals surface area contributed by atoms with Gasteiger partial charge < -0.3 is 9.88 Å². The fourth-order valence-electron chi connectivity index (χ4n) is 2.50. The molecule has 112 valence electrons. The van der Waals surface area contributed by atoms with Crippen LogP contribution in [0.2, 0.25) is 0 Å². The van der Waals surface area contributed by atoms with E-state index in [1.165, 1.54) is 23.2 Å². The van der Waals surface area contributed by atoms with Crippen molar-refractivity contribution in [2.45, 2.75) is 13.5 Å². The molecule has 0 spiro atoms. The number of aromatic amines is 1. The number of hydrogen-bond acceptors (Lipinski definition) is 4. The monoisotopic (exact) mass is 296 g/mol. The van der Waals surface area contributed by atoms with Crippen molar-refractivity contribution in [2.24, 2.45) is 0 Å². The first-order valence-corrected chi connectivity index (χ1v) is 7.09. The van der Waals surface area contributed by atoms with E-state index in [1.54, 1.807) is 6.07 Å². The van der Waals surface area contributed by atoms with Gasteiger partial charge in [0.15, 0.2) is 0 Å². The highest BCUT2D eigenvalue weighted by molar-refractivity contribution is 5.83. The van der Waals surface area contributed by atoms with Crippen LogP contribution in [0.3, 0.4) is 0 Å². The maximum absolute atomic E-state index is 10.7. The fraction of sp³-hybridized carbons (Fsp3) is 0.188. The molecule has 3 rings (SSSR count). The number of fused-ring (bicyclic) bond motifs is 1. The number of nitrogens with zero attached hydrogens (tertiary/aromatic N) is 3. The van der Waals surface area contributed by atoms with E-state index in [0.29, 0.717) is 6.54 Å². The predicted octanol–water partition coefficient (Wildman–Crippen LogP) is 3.50. The van der Waals surface area contributed by atoms with Gasteiger partial charge in [-0.2, -0.15) is 0 Å². The summed E-state index contributed by atoms with van der Waals surface area (Å²) in [6.07, 6.45) is 3.30. The molecule has 0 aliphatic carbocycles. The minimum absolute atomic E-state index is 0.00639. The highest BCUT2D eigenvalue weighted by atomic mass is 16.6. The molecule has 0 radical (unpaired) electrons. The van der Waals surface area contributed by atoms with Gasteiger partial charge in [0.1, 0.15) is 12.0 Å². The highest BCUT2D eigenvalue weighted by Crippen LogP contribution is 2.22. The van der Waals surface area contributed by atoms with Gasteiger partial charge in [0.2, 0.25) is 0 Å². The topological polar surface area (TPSA) is 75.1 Å². The molecule has 0 amide bonds. The summed E-state index contributed by atoms with van der Waals surface area (Å²) in [4.78, 5) is 19.8. The van der Waals surface area contributed by atoms with Gasteiger partial charge in [0.05, 0.1) is 4.92 Å². The molecule has 0 unspecified atom stereocenters. The Morgan fingerprint density at radius 2 is 2.09 bits per heavy atom. The average molecular weight is 296 g/mol. The maximum atomic E-state index is 10.7. The molecular weight excluding hydrogens is 280 g/mol. The van der Waals surface area contributed by atoms with Crippen molar-refractivity contribution in [3.05, 3.63) is 64.5 Å². The Morgan fingerprint density at radius 1 is 1.27 bits per heavy atom. The molecule has 1 N–H and O–H groups in total. The number of nitrogens with one attached hydrogen (secondary N) is 1. The average Bonchev–Trinajstić information content (AvgIpc) is 2.96. The van der Waals surface area contributed by atoms with Crippen molar-refractivity contribution >= 4 is 22.4 Å². The SMILES string of the molecule is CCN(Cc1c[nH]c2ccccc12)c1ccc([N+](=O)[O-])cn1. The van der Waals surface area contributed by atoms with Gasteiger partial charge in [-0.25, -0.2) is 4.98 Å². The molecule has 0 atom stereocenters. The molecule has 6 heteroatoms. The summed E-state index contributed by atoms with van der Waals surface area (Å²) in [6, 6.07) is 11.3. The van der Waals surface area contributed by atoms with Crippen LogP contribution in [-0.2, 0) is 6.54 Å². The Kier molecular flexibility index (Phi) is 3.74. The second kappa shape index (κ2) is 5.85. The Morgan fingerprint density at radius 3 is 2.77 bits per heavy atom. The fourth-order valence-corrected chi connectivity index (χ4v) is 2.50. The molecule has 6 nitrogen and oxygen atoms in total. The first-order chi connectivity index (χ1) is 10.7. The second-order valence-electron chi connectivity index (χ2n) is 5.01. The van der Waals surface area contributed by atoms with E-state index >= 15 is 0 Å². The lowest BCUT2D eigenvalue weighted by atomic mass is 10.1. The van der Waals surface area contributed by atoms with Crippen LogP contribution in [0.15, 0.2) is 48.8 Å². The van der Waals surface area contributed by atoms with E-state index in [2.05, 4.69) is 20.9 Å². The van der Waals surface area contributed by atoms with Crippen molar-refractivity contribution in [3.8, 4) is 0 Å². The second-order valence-corrected chi connectivity index (χ2v) is 5.01. The van der Waals surface area contributed by atoms with Crippen molar-refractivity contribution in [1.82, 2.24) is 9.97 Å². The van der Waals surface area contributed by atoms with Crippen molar-refractivity contribution in [1.29, 1.82) is 0 Å². The van der Waals surface area contributed by atoms with E-state index in [-0.39, 0.29) is 5.69 Å². The Bertz CT molecular complexity index is 795. The highest BCUT2D eigenvalue weighted by Gasteiger charge is 2.12. The Balaban J connectivity index is 1.86. The maximum Gasteiger partial charge on any atom is 0.287 e. The van der Waals surface area contributed by atoms with Crippen LogP contribution < -0.4 is 4.90 Å². The number of pyridine rings is 1. The zero-order valence-electron chi connectivity index (χ0n) is 12.2. The Hall–Kier alpha value is -2.89. The molecular formula is C16H16N4O2. The van der Waals surface area contributed by atoms with Gasteiger partial charge in [-0.05, 0) is 24.6 Å². The predicted molar refractivity (Wildman–Crippen MR) is 85.9 cm³/mol. The summed E-state index contributed by atoms with van der Waals surface area (Å²) >= 11 is 0. The van der Waals surface area contributed by atoms with Crippen LogP contribution in [-0.4, -0.2) is 21.4 Å². The number of aromatic nitrogens is 2. The van der Waals surface area contributed by atoms with Crippen LogP contribution in [0, 0.1) is 10.1 Å². The summed E-state index contributed by atoms with van der Waals surface area (Å²) in [5.41, 5.74) is 2.29. The van der Waals surface area contributed by atoms with Gasteiger partial charge in [0, 0.05) is 36.3 Å².